The van der Waals surface area contributed by atoms with Crippen LogP contribution < -0.4 is 10.6 Å². The van der Waals surface area contributed by atoms with Gasteiger partial charge in [-0.15, -0.1) is 0 Å². The van der Waals surface area contributed by atoms with Gasteiger partial charge in [-0.05, 0) is 18.2 Å². The molecule has 0 aliphatic rings. The van der Waals surface area contributed by atoms with E-state index in [0.29, 0.717) is 24.4 Å². The number of halogens is 1. The minimum absolute atomic E-state index is 0.120. The van der Waals surface area contributed by atoms with E-state index in [1.54, 1.807) is 25.3 Å². The van der Waals surface area contributed by atoms with Crippen LogP contribution in [0.3, 0.4) is 0 Å². The Bertz CT molecular complexity index is 457. The number of nitriles is 1. The van der Waals surface area contributed by atoms with Crippen molar-refractivity contribution in [3.05, 3.63) is 28.2 Å². The van der Waals surface area contributed by atoms with Crippen molar-refractivity contribution in [1.29, 1.82) is 5.26 Å². The van der Waals surface area contributed by atoms with Gasteiger partial charge in [-0.1, -0.05) is 15.9 Å². The van der Waals surface area contributed by atoms with E-state index in [9.17, 15) is 4.79 Å². The number of rotatable bonds is 6. The molecule has 18 heavy (non-hydrogen) atoms. The summed E-state index contributed by atoms with van der Waals surface area (Å²) in [5.74, 6) is -0.143. The fraction of sp³-hybridized carbons (Fsp3) is 0.333. The standard InChI is InChI=1S/C12H14BrN3O2/c1-18-5-4-15-12(17)8-16-11-6-10(13)3-2-9(11)7-14/h2-3,6,16H,4-5,8H2,1H3,(H,15,17). The zero-order chi connectivity index (χ0) is 13.4. The highest BCUT2D eigenvalue weighted by atomic mass is 79.9. The van der Waals surface area contributed by atoms with Gasteiger partial charge >= 0.3 is 0 Å². The molecular weight excluding hydrogens is 298 g/mol. The van der Waals surface area contributed by atoms with Crippen LogP contribution in [0.4, 0.5) is 5.69 Å². The lowest BCUT2D eigenvalue weighted by molar-refractivity contribution is -0.119. The van der Waals surface area contributed by atoms with Gasteiger partial charge in [0.2, 0.25) is 5.91 Å². The summed E-state index contributed by atoms with van der Waals surface area (Å²) in [6, 6.07) is 7.30. The number of carbonyl (C=O) groups is 1. The third-order valence-corrected chi connectivity index (χ3v) is 2.66. The van der Waals surface area contributed by atoms with Gasteiger partial charge in [0, 0.05) is 18.1 Å². The van der Waals surface area contributed by atoms with Crippen LogP contribution in [-0.2, 0) is 9.53 Å². The Kier molecular flexibility index (Phi) is 6.19. The zero-order valence-corrected chi connectivity index (χ0v) is 11.6. The molecule has 0 bridgehead atoms. The quantitative estimate of drug-likeness (QED) is 0.781. The average Bonchev–Trinajstić information content (AvgIpc) is 2.37. The van der Waals surface area contributed by atoms with Crippen molar-refractivity contribution < 1.29 is 9.53 Å². The minimum atomic E-state index is -0.143. The number of hydrogen-bond donors (Lipinski definition) is 2. The average molecular weight is 312 g/mol. The number of methoxy groups -OCH3 is 1. The highest BCUT2D eigenvalue weighted by molar-refractivity contribution is 9.10. The Morgan fingerprint density at radius 2 is 2.33 bits per heavy atom. The number of anilines is 1. The first-order valence-corrected chi connectivity index (χ1v) is 6.16. The number of benzene rings is 1. The Labute approximate surface area is 114 Å². The van der Waals surface area contributed by atoms with E-state index in [1.807, 2.05) is 0 Å². The first-order chi connectivity index (χ1) is 8.67. The number of nitrogens with one attached hydrogen (secondary N) is 2. The summed E-state index contributed by atoms with van der Waals surface area (Å²) < 4.78 is 5.67. The molecule has 0 aliphatic heterocycles. The van der Waals surface area contributed by atoms with Gasteiger partial charge < -0.3 is 15.4 Å². The second kappa shape index (κ2) is 7.69. The SMILES string of the molecule is COCCNC(=O)CNc1cc(Br)ccc1C#N. The Balaban J connectivity index is 2.50. The molecule has 2 N–H and O–H groups in total. The van der Waals surface area contributed by atoms with Crippen molar-refractivity contribution in [1.82, 2.24) is 5.32 Å². The molecule has 0 fully saturated rings. The molecule has 0 unspecified atom stereocenters. The smallest absolute Gasteiger partial charge is 0.239 e. The van der Waals surface area contributed by atoms with E-state index in [1.165, 1.54) is 0 Å². The number of nitrogens with zero attached hydrogens (tertiary/aromatic N) is 1. The van der Waals surface area contributed by atoms with Crippen molar-refractivity contribution in [3.63, 3.8) is 0 Å². The van der Waals surface area contributed by atoms with Crippen molar-refractivity contribution in [3.8, 4) is 6.07 Å². The first kappa shape index (κ1) is 14.5. The maximum absolute atomic E-state index is 11.5. The highest BCUT2D eigenvalue weighted by Crippen LogP contribution is 2.20. The van der Waals surface area contributed by atoms with Crippen molar-refractivity contribution in [2.75, 3.05) is 32.1 Å². The van der Waals surface area contributed by atoms with Crippen LogP contribution in [0.1, 0.15) is 5.56 Å². The summed E-state index contributed by atoms with van der Waals surface area (Å²) in [5.41, 5.74) is 1.14. The molecule has 0 saturated carbocycles. The number of ether oxygens (including phenoxy) is 1. The van der Waals surface area contributed by atoms with Gasteiger partial charge in [-0.25, -0.2) is 0 Å². The topological polar surface area (TPSA) is 74.2 Å². The van der Waals surface area contributed by atoms with E-state index in [4.69, 9.17) is 10.00 Å². The van der Waals surface area contributed by atoms with Crippen LogP contribution in [0.2, 0.25) is 0 Å². The lowest BCUT2D eigenvalue weighted by atomic mass is 10.2. The molecule has 0 aliphatic carbocycles. The zero-order valence-electron chi connectivity index (χ0n) is 10.00. The maximum atomic E-state index is 11.5. The van der Waals surface area contributed by atoms with Crippen molar-refractivity contribution in [2.24, 2.45) is 0 Å². The third kappa shape index (κ3) is 4.73. The Hall–Kier alpha value is -1.58. The molecule has 0 heterocycles. The van der Waals surface area contributed by atoms with Crippen LogP contribution >= 0.6 is 15.9 Å². The molecule has 0 saturated heterocycles. The van der Waals surface area contributed by atoms with Crippen LogP contribution in [0.5, 0.6) is 0 Å². The molecule has 1 aromatic rings. The van der Waals surface area contributed by atoms with Crippen LogP contribution in [-0.4, -0.2) is 32.7 Å². The number of hydrogen-bond acceptors (Lipinski definition) is 4. The minimum Gasteiger partial charge on any atom is -0.383 e. The fourth-order valence-corrected chi connectivity index (χ4v) is 1.65. The second-order valence-electron chi connectivity index (χ2n) is 3.50. The molecule has 1 aromatic carbocycles. The summed E-state index contributed by atoms with van der Waals surface area (Å²) in [7, 11) is 1.57. The van der Waals surface area contributed by atoms with Gasteiger partial charge in [0.25, 0.3) is 0 Å². The lowest BCUT2D eigenvalue weighted by Crippen LogP contribution is -2.32. The largest absolute Gasteiger partial charge is 0.383 e. The monoisotopic (exact) mass is 311 g/mol. The molecule has 1 amide bonds. The molecule has 5 nitrogen and oxygen atoms in total. The van der Waals surface area contributed by atoms with Crippen molar-refractivity contribution in [2.45, 2.75) is 0 Å². The first-order valence-electron chi connectivity index (χ1n) is 5.36. The summed E-state index contributed by atoms with van der Waals surface area (Å²) in [6.45, 7) is 1.07. The highest BCUT2D eigenvalue weighted by Gasteiger charge is 2.05. The van der Waals surface area contributed by atoms with Crippen LogP contribution in [0.15, 0.2) is 22.7 Å². The van der Waals surface area contributed by atoms with Gasteiger partial charge in [0.1, 0.15) is 6.07 Å². The van der Waals surface area contributed by atoms with E-state index in [0.717, 1.165) is 4.47 Å². The van der Waals surface area contributed by atoms with Gasteiger partial charge in [0.15, 0.2) is 0 Å². The molecule has 0 aromatic heterocycles. The van der Waals surface area contributed by atoms with Crippen molar-refractivity contribution >= 4 is 27.5 Å². The lowest BCUT2D eigenvalue weighted by Gasteiger charge is -2.09. The Morgan fingerprint density at radius 1 is 1.56 bits per heavy atom. The molecule has 96 valence electrons. The van der Waals surface area contributed by atoms with Gasteiger partial charge in [-0.2, -0.15) is 5.26 Å². The molecular formula is C12H14BrN3O2. The number of carbonyl (C=O) groups excluding carboxylic acids is 1. The summed E-state index contributed by atoms with van der Waals surface area (Å²) in [5, 5.41) is 14.5. The summed E-state index contributed by atoms with van der Waals surface area (Å²) >= 11 is 3.32. The molecule has 0 spiro atoms. The van der Waals surface area contributed by atoms with E-state index in [2.05, 4.69) is 32.6 Å². The molecule has 0 radical (unpaired) electrons. The van der Waals surface area contributed by atoms with Gasteiger partial charge in [-0.3, -0.25) is 4.79 Å². The van der Waals surface area contributed by atoms with E-state index in [-0.39, 0.29) is 12.5 Å². The number of amides is 1. The third-order valence-electron chi connectivity index (χ3n) is 2.17. The molecule has 1 rings (SSSR count). The van der Waals surface area contributed by atoms with Crippen LogP contribution in [0.25, 0.3) is 0 Å². The fourth-order valence-electron chi connectivity index (χ4n) is 1.29. The van der Waals surface area contributed by atoms with E-state index >= 15 is 0 Å². The van der Waals surface area contributed by atoms with Gasteiger partial charge in [0.05, 0.1) is 24.4 Å². The normalized spacial score (nSPS) is 9.61. The Morgan fingerprint density at radius 3 is 3.00 bits per heavy atom. The summed E-state index contributed by atoms with van der Waals surface area (Å²) in [4.78, 5) is 11.5. The molecule has 6 heteroatoms. The van der Waals surface area contributed by atoms with Crippen LogP contribution in [0, 0.1) is 11.3 Å². The second-order valence-corrected chi connectivity index (χ2v) is 4.41. The predicted octanol–water partition coefficient (Wildman–Crippen LogP) is 1.50. The maximum Gasteiger partial charge on any atom is 0.239 e. The summed E-state index contributed by atoms with van der Waals surface area (Å²) in [6.07, 6.45) is 0. The predicted molar refractivity (Wildman–Crippen MR) is 72.2 cm³/mol. The molecule has 0 atom stereocenters. The van der Waals surface area contributed by atoms with E-state index < -0.39 is 0 Å².